The maximum absolute atomic E-state index is 13.4. The van der Waals surface area contributed by atoms with E-state index < -0.39 is 23.5 Å². The number of hydrogen-bond acceptors (Lipinski definition) is 2. The van der Waals surface area contributed by atoms with E-state index in [1.165, 1.54) is 0 Å². The third kappa shape index (κ3) is 2.75. The molecule has 0 amide bonds. The van der Waals surface area contributed by atoms with Gasteiger partial charge in [0.25, 0.3) is 0 Å². The molecule has 0 saturated heterocycles. The smallest absolute Gasteiger partial charge is 0.419 e. The molecule has 17 heavy (non-hydrogen) atoms. The lowest BCUT2D eigenvalue weighted by atomic mass is 10.0. The molecule has 6 heteroatoms. The van der Waals surface area contributed by atoms with Crippen LogP contribution in [0.4, 0.5) is 17.6 Å². The van der Waals surface area contributed by atoms with Crippen LogP contribution in [0, 0.1) is 12.7 Å². The monoisotopic (exact) mass is 250 g/mol. The summed E-state index contributed by atoms with van der Waals surface area (Å²) >= 11 is 0. The fourth-order valence-corrected chi connectivity index (χ4v) is 1.33. The van der Waals surface area contributed by atoms with Crippen molar-refractivity contribution in [1.82, 2.24) is 0 Å². The number of benzene rings is 1. The van der Waals surface area contributed by atoms with Crippen LogP contribution in [-0.4, -0.2) is 12.6 Å². The number of rotatable bonds is 2. The minimum Gasteiger partial charge on any atom is -0.462 e. The van der Waals surface area contributed by atoms with E-state index in [-0.39, 0.29) is 17.7 Å². The Balaban J connectivity index is 3.25. The van der Waals surface area contributed by atoms with Gasteiger partial charge >= 0.3 is 12.1 Å². The highest BCUT2D eigenvalue weighted by Crippen LogP contribution is 2.33. The van der Waals surface area contributed by atoms with Crippen molar-refractivity contribution in [2.24, 2.45) is 0 Å². The molecule has 0 atom stereocenters. The molecule has 0 N–H and O–H groups in total. The van der Waals surface area contributed by atoms with Crippen molar-refractivity contribution in [3.8, 4) is 0 Å². The molecule has 0 aliphatic heterocycles. The van der Waals surface area contributed by atoms with E-state index in [1.54, 1.807) is 6.92 Å². The van der Waals surface area contributed by atoms with Gasteiger partial charge in [-0.3, -0.25) is 0 Å². The van der Waals surface area contributed by atoms with Crippen molar-refractivity contribution in [3.63, 3.8) is 0 Å². The summed E-state index contributed by atoms with van der Waals surface area (Å²) in [6, 6.07) is 1.45. The molecule has 0 aromatic heterocycles. The lowest BCUT2D eigenvalue weighted by Gasteiger charge is -2.12. The highest BCUT2D eigenvalue weighted by atomic mass is 19.4. The van der Waals surface area contributed by atoms with Crippen molar-refractivity contribution in [2.45, 2.75) is 20.0 Å². The lowest BCUT2D eigenvalue weighted by Crippen LogP contribution is -2.13. The summed E-state index contributed by atoms with van der Waals surface area (Å²) in [5.74, 6) is -2.28. The fourth-order valence-electron chi connectivity index (χ4n) is 1.33. The normalized spacial score (nSPS) is 11.4. The molecule has 0 saturated carbocycles. The van der Waals surface area contributed by atoms with Gasteiger partial charge in [0.2, 0.25) is 0 Å². The van der Waals surface area contributed by atoms with Gasteiger partial charge in [0.05, 0.1) is 17.7 Å². The van der Waals surface area contributed by atoms with E-state index in [9.17, 15) is 22.4 Å². The number of esters is 1. The fraction of sp³-hybridized carbons (Fsp3) is 0.364. The van der Waals surface area contributed by atoms with Crippen LogP contribution in [0.1, 0.15) is 28.4 Å². The molecule has 1 aromatic carbocycles. The van der Waals surface area contributed by atoms with Gasteiger partial charge in [-0.1, -0.05) is 0 Å². The predicted molar refractivity (Wildman–Crippen MR) is 52.1 cm³/mol. The summed E-state index contributed by atoms with van der Waals surface area (Å²) in [7, 11) is 0. The number of ether oxygens (including phenoxy) is 1. The largest absolute Gasteiger partial charge is 0.462 e. The lowest BCUT2D eigenvalue weighted by molar-refractivity contribution is -0.140. The second-order valence-corrected chi connectivity index (χ2v) is 3.32. The highest BCUT2D eigenvalue weighted by molar-refractivity contribution is 5.91. The summed E-state index contributed by atoms with van der Waals surface area (Å²) in [6.45, 7) is 2.73. The van der Waals surface area contributed by atoms with Crippen molar-refractivity contribution in [1.29, 1.82) is 0 Å². The first-order chi connectivity index (χ1) is 7.79. The van der Waals surface area contributed by atoms with E-state index in [0.717, 1.165) is 13.0 Å². The number of carbonyl (C=O) groups is 1. The van der Waals surface area contributed by atoms with Crippen LogP contribution >= 0.6 is 0 Å². The second-order valence-electron chi connectivity index (χ2n) is 3.32. The Labute approximate surface area is 95.2 Å². The van der Waals surface area contributed by atoms with Crippen LogP contribution in [0.3, 0.4) is 0 Å². The van der Waals surface area contributed by atoms with Crippen LogP contribution < -0.4 is 0 Å². The molecule has 0 unspecified atom stereocenters. The minimum atomic E-state index is -4.78. The highest BCUT2D eigenvalue weighted by Gasteiger charge is 2.35. The molecule has 0 aliphatic rings. The van der Waals surface area contributed by atoms with Crippen molar-refractivity contribution < 1.29 is 27.1 Å². The van der Waals surface area contributed by atoms with Crippen molar-refractivity contribution in [3.05, 3.63) is 34.6 Å². The predicted octanol–water partition coefficient (Wildman–Crippen LogP) is 3.33. The van der Waals surface area contributed by atoms with E-state index in [1.807, 2.05) is 0 Å². The summed E-state index contributed by atoms with van der Waals surface area (Å²) in [6.07, 6.45) is -4.78. The molecule has 94 valence electrons. The molecule has 0 fully saturated rings. The van der Waals surface area contributed by atoms with Gasteiger partial charge in [-0.25, -0.2) is 9.18 Å². The number of hydrogen-bond donors (Lipinski definition) is 0. The topological polar surface area (TPSA) is 26.3 Å². The molecule has 0 heterocycles. The standard InChI is InChI=1S/C11H10F4O2/c1-3-17-10(16)7-4-5-8(11(13,14)15)9(12)6(7)2/h4-5H,3H2,1-2H3. The first-order valence-electron chi connectivity index (χ1n) is 4.82. The SMILES string of the molecule is CCOC(=O)c1ccc(C(F)(F)F)c(F)c1C. The van der Waals surface area contributed by atoms with Gasteiger partial charge in [-0.05, 0) is 31.5 Å². The average molecular weight is 250 g/mol. The van der Waals surface area contributed by atoms with Gasteiger partial charge in [0.15, 0.2) is 0 Å². The molecule has 0 aliphatic carbocycles. The average Bonchev–Trinajstić information content (AvgIpc) is 2.20. The Morgan fingerprint density at radius 3 is 2.41 bits per heavy atom. The van der Waals surface area contributed by atoms with Crippen molar-refractivity contribution in [2.75, 3.05) is 6.61 Å². The summed E-state index contributed by atoms with van der Waals surface area (Å²) < 4.78 is 55.1. The molecule has 1 rings (SSSR count). The third-order valence-corrected chi connectivity index (χ3v) is 2.19. The van der Waals surface area contributed by atoms with E-state index in [0.29, 0.717) is 6.07 Å². The zero-order chi connectivity index (χ0) is 13.2. The number of carbonyl (C=O) groups excluding carboxylic acids is 1. The van der Waals surface area contributed by atoms with Crippen LogP contribution in [0.2, 0.25) is 0 Å². The summed E-state index contributed by atoms with van der Waals surface area (Å²) in [4.78, 5) is 11.3. The molecular weight excluding hydrogens is 240 g/mol. The minimum absolute atomic E-state index is 0.0704. The number of halogens is 4. The zero-order valence-electron chi connectivity index (χ0n) is 9.19. The molecule has 0 radical (unpaired) electrons. The zero-order valence-corrected chi connectivity index (χ0v) is 9.19. The first kappa shape index (κ1) is 13.5. The van der Waals surface area contributed by atoms with E-state index in [4.69, 9.17) is 0 Å². The Hall–Kier alpha value is -1.59. The Morgan fingerprint density at radius 1 is 1.35 bits per heavy atom. The Morgan fingerprint density at radius 2 is 1.94 bits per heavy atom. The van der Waals surface area contributed by atoms with Crippen LogP contribution in [0.5, 0.6) is 0 Å². The van der Waals surface area contributed by atoms with Gasteiger partial charge < -0.3 is 4.74 Å². The molecule has 1 aromatic rings. The van der Waals surface area contributed by atoms with Gasteiger partial charge in [0.1, 0.15) is 5.82 Å². The summed E-state index contributed by atoms with van der Waals surface area (Å²) in [5, 5.41) is 0. The second kappa shape index (κ2) is 4.73. The molecular formula is C11H10F4O2. The Bertz CT molecular complexity index is 438. The van der Waals surface area contributed by atoms with Crippen LogP contribution in [-0.2, 0) is 10.9 Å². The Kier molecular flexibility index (Phi) is 3.75. The van der Waals surface area contributed by atoms with E-state index >= 15 is 0 Å². The maximum Gasteiger partial charge on any atom is 0.419 e. The van der Waals surface area contributed by atoms with Gasteiger partial charge in [-0.15, -0.1) is 0 Å². The maximum atomic E-state index is 13.4. The number of alkyl halides is 3. The van der Waals surface area contributed by atoms with Crippen LogP contribution in [0.15, 0.2) is 12.1 Å². The molecule has 0 spiro atoms. The van der Waals surface area contributed by atoms with Gasteiger partial charge in [-0.2, -0.15) is 13.2 Å². The summed E-state index contributed by atoms with van der Waals surface area (Å²) in [5.41, 5.74) is -1.95. The van der Waals surface area contributed by atoms with Crippen LogP contribution in [0.25, 0.3) is 0 Å². The van der Waals surface area contributed by atoms with E-state index in [2.05, 4.69) is 4.74 Å². The molecule has 0 bridgehead atoms. The first-order valence-corrected chi connectivity index (χ1v) is 4.82. The van der Waals surface area contributed by atoms with Gasteiger partial charge in [0, 0.05) is 0 Å². The molecule has 2 nitrogen and oxygen atoms in total. The van der Waals surface area contributed by atoms with Crippen molar-refractivity contribution >= 4 is 5.97 Å². The third-order valence-electron chi connectivity index (χ3n) is 2.19. The quantitative estimate of drug-likeness (QED) is 0.594.